The van der Waals surface area contributed by atoms with Gasteiger partial charge in [0.25, 0.3) is 5.56 Å². The minimum atomic E-state index is -0.407. The SMILES string of the molecule is CC(Nc1cnn(C)c(=O)c1Br)C(=O)NC1CC1. The Labute approximate surface area is 113 Å². The van der Waals surface area contributed by atoms with Crippen molar-refractivity contribution in [1.82, 2.24) is 15.1 Å². The average Bonchev–Trinajstić information content (AvgIpc) is 3.13. The number of anilines is 1. The number of hydrogen-bond acceptors (Lipinski definition) is 4. The van der Waals surface area contributed by atoms with Gasteiger partial charge in [0.05, 0.1) is 11.9 Å². The van der Waals surface area contributed by atoms with Crippen molar-refractivity contribution >= 4 is 27.5 Å². The van der Waals surface area contributed by atoms with E-state index in [0.717, 1.165) is 12.8 Å². The lowest BCUT2D eigenvalue weighted by Gasteiger charge is -2.15. The highest BCUT2D eigenvalue weighted by atomic mass is 79.9. The van der Waals surface area contributed by atoms with Crippen molar-refractivity contribution < 1.29 is 4.79 Å². The first-order valence-corrected chi connectivity index (χ1v) is 6.57. The molecule has 2 rings (SSSR count). The van der Waals surface area contributed by atoms with Crippen LogP contribution in [0.5, 0.6) is 0 Å². The van der Waals surface area contributed by atoms with E-state index in [1.54, 1.807) is 14.0 Å². The van der Waals surface area contributed by atoms with E-state index < -0.39 is 6.04 Å². The maximum absolute atomic E-state index is 11.8. The third-order valence-corrected chi connectivity index (χ3v) is 3.53. The normalized spacial score (nSPS) is 16.2. The van der Waals surface area contributed by atoms with Crippen molar-refractivity contribution in [3.63, 3.8) is 0 Å². The number of carbonyl (C=O) groups excluding carboxylic acids is 1. The molecule has 18 heavy (non-hydrogen) atoms. The van der Waals surface area contributed by atoms with Crippen molar-refractivity contribution in [2.45, 2.75) is 31.8 Å². The smallest absolute Gasteiger partial charge is 0.282 e. The Balaban J connectivity index is 2.06. The lowest BCUT2D eigenvalue weighted by atomic mass is 10.3. The van der Waals surface area contributed by atoms with Crippen molar-refractivity contribution in [2.75, 3.05) is 5.32 Å². The number of aromatic nitrogens is 2. The quantitative estimate of drug-likeness (QED) is 0.854. The number of hydrogen-bond donors (Lipinski definition) is 2. The highest BCUT2D eigenvalue weighted by Crippen LogP contribution is 2.20. The van der Waals surface area contributed by atoms with Crippen LogP contribution < -0.4 is 16.2 Å². The molecule has 0 aliphatic heterocycles. The van der Waals surface area contributed by atoms with Gasteiger partial charge in [-0.05, 0) is 35.7 Å². The second-order valence-corrected chi connectivity index (χ2v) is 5.24. The molecule has 7 heteroatoms. The van der Waals surface area contributed by atoms with Crippen LogP contribution in [0.15, 0.2) is 15.5 Å². The number of nitrogens with one attached hydrogen (secondary N) is 2. The van der Waals surface area contributed by atoms with E-state index in [1.807, 2.05) is 0 Å². The molecule has 1 atom stereocenters. The summed E-state index contributed by atoms with van der Waals surface area (Å²) in [6, 6.07) is -0.0808. The van der Waals surface area contributed by atoms with E-state index in [1.165, 1.54) is 10.9 Å². The summed E-state index contributed by atoms with van der Waals surface area (Å²) in [4.78, 5) is 23.4. The van der Waals surface area contributed by atoms with Gasteiger partial charge in [-0.25, -0.2) is 4.68 Å². The fraction of sp³-hybridized carbons (Fsp3) is 0.545. The first-order valence-electron chi connectivity index (χ1n) is 5.77. The summed E-state index contributed by atoms with van der Waals surface area (Å²) in [7, 11) is 1.57. The molecule has 1 heterocycles. The minimum absolute atomic E-state index is 0.0647. The van der Waals surface area contributed by atoms with E-state index in [9.17, 15) is 9.59 Å². The van der Waals surface area contributed by atoms with E-state index in [4.69, 9.17) is 0 Å². The predicted molar refractivity (Wildman–Crippen MR) is 71.4 cm³/mol. The molecule has 1 aliphatic carbocycles. The summed E-state index contributed by atoms with van der Waals surface area (Å²) in [6.07, 6.45) is 3.62. The zero-order chi connectivity index (χ0) is 13.3. The van der Waals surface area contributed by atoms with Crippen molar-refractivity contribution in [2.24, 2.45) is 7.05 Å². The molecule has 1 unspecified atom stereocenters. The van der Waals surface area contributed by atoms with Crippen LogP contribution in [0.1, 0.15) is 19.8 Å². The third-order valence-electron chi connectivity index (χ3n) is 2.77. The second kappa shape index (κ2) is 5.09. The van der Waals surface area contributed by atoms with Gasteiger partial charge < -0.3 is 10.6 Å². The second-order valence-electron chi connectivity index (χ2n) is 4.45. The lowest BCUT2D eigenvalue weighted by molar-refractivity contribution is -0.121. The number of nitrogens with zero attached hydrogens (tertiary/aromatic N) is 2. The zero-order valence-electron chi connectivity index (χ0n) is 10.2. The summed E-state index contributed by atoms with van der Waals surface area (Å²) in [5.74, 6) is -0.0647. The summed E-state index contributed by atoms with van der Waals surface area (Å²) >= 11 is 3.20. The summed E-state index contributed by atoms with van der Waals surface area (Å²) < 4.78 is 1.61. The number of carbonyl (C=O) groups is 1. The number of aryl methyl sites for hydroxylation is 1. The Morgan fingerprint density at radius 1 is 1.61 bits per heavy atom. The first kappa shape index (κ1) is 13.1. The molecule has 1 aliphatic rings. The Kier molecular flexibility index (Phi) is 3.70. The summed E-state index contributed by atoms with van der Waals surface area (Å²) in [6.45, 7) is 1.75. The molecule has 2 N–H and O–H groups in total. The van der Waals surface area contributed by atoms with Crippen LogP contribution in [0.25, 0.3) is 0 Å². The molecule has 6 nitrogen and oxygen atoms in total. The first-order chi connectivity index (χ1) is 8.49. The van der Waals surface area contributed by atoms with Crippen LogP contribution >= 0.6 is 15.9 Å². The zero-order valence-corrected chi connectivity index (χ0v) is 11.8. The maximum Gasteiger partial charge on any atom is 0.282 e. The van der Waals surface area contributed by atoms with Gasteiger partial charge in [-0.2, -0.15) is 5.10 Å². The van der Waals surface area contributed by atoms with Gasteiger partial charge in [0, 0.05) is 13.1 Å². The topological polar surface area (TPSA) is 76.0 Å². The van der Waals surface area contributed by atoms with Crippen molar-refractivity contribution in [1.29, 1.82) is 0 Å². The molecular weight excluding hydrogens is 300 g/mol. The van der Waals surface area contributed by atoms with Gasteiger partial charge in [0.2, 0.25) is 5.91 Å². The van der Waals surface area contributed by atoms with Crippen LogP contribution in [0.4, 0.5) is 5.69 Å². The highest BCUT2D eigenvalue weighted by molar-refractivity contribution is 9.10. The molecule has 1 amide bonds. The summed E-state index contributed by atoms with van der Waals surface area (Å²) in [5.41, 5.74) is 0.284. The monoisotopic (exact) mass is 314 g/mol. The Hall–Kier alpha value is -1.37. The molecular formula is C11H15BrN4O2. The maximum atomic E-state index is 11.8. The Bertz CT molecular complexity index is 524. The lowest BCUT2D eigenvalue weighted by Crippen LogP contribution is -2.39. The molecule has 1 fully saturated rings. The van der Waals surface area contributed by atoms with Crippen molar-refractivity contribution in [3.05, 3.63) is 21.0 Å². The average molecular weight is 315 g/mol. The Morgan fingerprint density at radius 2 is 2.28 bits per heavy atom. The molecule has 0 saturated heterocycles. The van der Waals surface area contributed by atoms with E-state index >= 15 is 0 Å². The minimum Gasteiger partial charge on any atom is -0.372 e. The highest BCUT2D eigenvalue weighted by Gasteiger charge is 2.25. The predicted octanol–water partition coefficient (Wildman–Crippen LogP) is 0.622. The molecule has 1 aromatic rings. The Morgan fingerprint density at radius 3 is 2.89 bits per heavy atom. The van der Waals surface area contributed by atoms with Gasteiger partial charge in [0.1, 0.15) is 10.5 Å². The van der Waals surface area contributed by atoms with Gasteiger partial charge in [0.15, 0.2) is 0 Å². The number of halogens is 1. The van der Waals surface area contributed by atoms with E-state index in [-0.39, 0.29) is 11.5 Å². The van der Waals surface area contributed by atoms with Crippen LogP contribution in [-0.2, 0) is 11.8 Å². The molecule has 1 aromatic heterocycles. The molecule has 0 aromatic carbocycles. The number of amides is 1. The van der Waals surface area contributed by atoms with Gasteiger partial charge in [-0.15, -0.1) is 0 Å². The number of rotatable bonds is 4. The van der Waals surface area contributed by atoms with E-state index in [2.05, 4.69) is 31.7 Å². The fourth-order valence-corrected chi connectivity index (χ4v) is 1.94. The third kappa shape index (κ3) is 2.90. The van der Waals surface area contributed by atoms with Crippen LogP contribution in [0, 0.1) is 0 Å². The molecule has 0 bridgehead atoms. The molecule has 0 spiro atoms. The molecule has 1 saturated carbocycles. The molecule has 98 valence electrons. The summed E-state index contributed by atoms with van der Waals surface area (Å²) in [5, 5.41) is 9.78. The van der Waals surface area contributed by atoms with Crippen molar-refractivity contribution in [3.8, 4) is 0 Å². The molecule has 0 radical (unpaired) electrons. The standard InChI is InChI=1S/C11H15BrN4O2/c1-6(10(17)15-7-3-4-7)14-8-5-13-16(2)11(18)9(8)12/h5-7,14H,3-4H2,1-2H3,(H,15,17). The van der Waals surface area contributed by atoms with Crippen LogP contribution in [0.3, 0.4) is 0 Å². The van der Waals surface area contributed by atoms with Crippen LogP contribution in [-0.4, -0.2) is 27.8 Å². The van der Waals surface area contributed by atoms with Gasteiger partial charge >= 0.3 is 0 Å². The van der Waals surface area contributed by atoms with Gasteiger partial charge in [-0.1, -0.05) is 0 Å². The fourth-order valence-electron chi connectivity index (χ4n) is 1.46. The largest absolute Gasteiger partial charge is 0.372 e. The van der Waals surface area contributed by atoms with Crippen LogP contribution in [0.2, 0.25) is 0 Å². The van der Waals surface area contributed by atoms with Gasteiger partial charge in [-0.3, -0.25) is 9.59 Å². The van der Waals surface area contributed by atoms with E-state index in [0.29, 0.717) is 16.2 Å².